The minimum Gasteiger partial charge on any atom is -0.481 e. The third kappa shape index (κ3) is 3.03. The van der Waals surface area contributed by atoms with Crippen LogP contribution in [0.2, 0.25) is 0 Å². The summed E-state index contributed by atoms with van der Waals surface area (Å²) in [5.74, 6) is 0.0500. The second kappa shape index (κ2) is 6.64. The number of benzene rings is 1. The van der Waals surface area contributed by atoms with E-state index in [1.165, 1.54) is 0 Å². The van der Waals surface area contributed by atoms with Gasteiger partial charge in [0, 0.05) is 5.54 Å². The quantitative estimate of drug-likeness (QED) is 0.826. The van der Waals surface area contributed by atoms with E-state index < -0.39 is 11.4 Å². The number of hydrogen-bond donors (Lipinski definition) is 2. The second-order valence-corrected chi connectivity index (χ2v) is 7.86. The number of rotatable bonds is 6. The molecule has 2 unspecified atom stereocenters. The first-order valence-electron chi connectivity index (χ1n) is 8.83. The lowest BCUT2D eigenvalue weighted by Crippen LogP contribution is -2.54. The Morgan fingerprint density at radius 3 is 2.30 bits per heavy atom. The lowest BCUT2D eigenvalue weighted by Gasteiger charge is -2.43. The van der Waals surface area contributed by atoms with Crippen LogP contribution in [0.15, 0.2) is 30.3 Å². The third-order valence-electron chi connectivity index (χ3n) is 6.24. The maximum atomic E-state index is 12.3. The van der Waals surface area contributed by atoms with E-state index >= 15 is 0 Å². The van der Waals surface area contributed by atoms with E-state index in [0.717, 1.165) is 24.8 Å². The lowest BCUT2D eigenvalue weighted by atomic mass is 9.64. The van der Waals surface area contributed by atoms with Crippen molar-refractivity contribution >= 4 is 5.97 Å². The number of carbonyl (C=O) groups is 1. The zero-order valence-electron chi connectivity index (χ0n) is 14.9. The fourth-order valence-corrected chi connectivity index (χ4v) is 4.44. The molecule has 128 valence electrons. The van der Waals surface area contributed by atoms with Gasteiger partial charge in [0.2, 0.25) is 0 Å². The largest absolute Gasteiger partial charge is 0.481 e. The first kappa shape index (κ1) is 18.0. The first-order chi connectivity index (χ1) is 10.7. The molecule has 0 bridgehead atoms. The van der Waals surface area contributed by atoms with Gasteiger partial charge >= 0.3 is 5.97 Å². The molecule has 1 saturated carbocycles. The molecule has 1 aliphatic rings. The fourth-order valence-electron chi connectivity index (χ4n) is 4.44. The summed E-state index contributed by atoms with van der Waals surface area (Å²) in [5, 5.41) is 10.1. The van der Waals surface area contributed by atoms with Gasteiger partial charge in [-0.05, 0) is 42.6 Å². The summed E-state index contributed by atoms with van der Waals surface area (Å²) in [4.78, 5) is 12.3. The molecule has 3 N–H and O–H groups in total. The van der Waals surface area contributed by atoms with Crippen LogP contribution in [0, 0.1) is 17.8 Å². The Bertz CT molecular complexity index is 530. The van der Waals surface area contributed by atoms with Crippen molar-refractivity contribution < 1.29 is 9.90 Å². The van der Waals surface area contributed by atoms with Crippen molar-refractivity contribution in [1.29, 1.82) is 0 Å². The van der Waals surface area contributed by atoms with Crippen molar-refractivity contribution in [1.82, 2.24) is 0 Å². The van der Waals surface area contributed by atoms with Crippen LogP contribution in [-0.2, 0) is 10.2 Å². The molecular weight excluding hydrogens is 286 g/mol. The van der Waals surface area contributed by atoms with E-state index in [-0.39, 0.29) is 11.5 Å². The van der Waals surface area contributed by atoms with Gasteiger partial charge in [0.25, 0.3) is 0 Å². The number of hydrogen-bond acceptors (Lipinski definition) is 2. The topological polar surface area (TPSA) is 63.3 Å². The van der Waals surface area contributed by atoms with Gasteiger partial charge in [0.05, 0.1) is 5.41 Å². The fraction of sp³-hybridized carbons (Fsp3) is 0.650. The molecule has 0 aromatic heterocycles. The molecule has 1 aromatic carbocycles. The summed E-state index contributed by atoms with van der Waals surface area (Å²) in [6, 6.07) is 9.76. The Hall–Kier alpha value is -1.35. The molecule has 2 rings (SSSR count). The Kier molecular flexibility index (Phi) is 5.20. The summed E-state index contributed by atoms with van der Waals surface area (Å²) in [5.41, 5.74) is 6.59. The van der Waals surface area contributed by atoms with Crippen LogP contribution in [-0.4, -0.2) is 16.6 Å². The van der Waals surface area contributed by atoms with Crippen molar-refractivity contribution in [3.05, 3.63) is 35.9 Å². The molecule has 2 atom stereocenters. The van der Waals surface area contributed by atoms with Gasteiger partial charge in [0.1, 0.15) is 0 Å². The average molecular weight is 317 g/mol. The smallest absolute Gasteiger partial charge is 0.314 e. The summed E-state index contributed by atoms with van der Waals surface area (Å²) in [6.07, 6.45) is 3.38. The van der Waals surface area contributed by atoms with Crippen LogP contribution in [0.25, 0.3) is 0 Å². The van der Waals surface area contributed by atoms with Gasteiger partial charge in [-0.1, -0.05) is 64.4 Å². The highest BCUT2D eigenvalue weighted by molar-refractivity contribution is 5.82. The molecule has 23 heavy (non-hydrogen) atoms. The van der Waals surface area contributed by atoms with Crippen molar-refractivity contribution in [3.8, 4) is 0 Å². The predicted octanol–water partition coefficient (Wildman–Crippen LogP) is 4.21. The molecule has 3 heteroatoms. The Labute approximate surface area is 140 Å². The number of nitrogens with two attached hydrogens (primary N) is 1. The number of carboxylic acid groups (broad SMARTS) is 1. The van der Waals surface area contributed by atoms with Gasteiger partial charge in [0.15, 0.2) is 0 Å². The highest BCUT2D eigenvalue weighted by Crippen LogP contribution is 2.50. The second-order valence-electron chi connectivity index (χ2n) is 7.86. The average Bonchev–Trinajstić information content (AvgIpc) is 2.92. The molecule has 3 nitrogen and oxygen atoms in total. The normalized spacial score (nSPS) is 25.3. The van der Waals surface area contributed by atoms with E-state index in [9.17, 15) is 9.90 Å². The summed E-state index contributed by atoms with van der Waals surface area (Å²) in [6.45, 7) is 8.61. The molecule has 0 saturated heterocycles. The highest BCUT2D eigenvalue weighted by Gasteiger charge is 2.53. The van der Waals surface area contributed by atoms with Crippen LogP contribution in [0.4, 0.5) is 0 Å². The molecule has 0 heterocycles. The standard InChI is InChI=1S/C20H31NO2/c1-14(2)20(21,15(3)4)13-17-11-8-12-19(17,18(22)23)16-9-6-5-7-10-16/h5-7,9-10,14-15,17H,8,11-13,21H2,1-4H3,(H,22,23). The minimum atomic E-state index is -0.782. The van der Waals surface area contributed by atoms with E-state index in [0.29, 0.717) is 18.3 Å². The summed E-state index contributed by atoms with van der Waals surface area (Å²) >= 11 is 0. The number of aliphatic carboxylic acids is 1. The van der Waals surface area contributed by atoms with Gasteiger partial charge in [-0.3, -0.25) is 4.79 Å². The number of carboxylic acids is 1. The monoisotopic (exact) mass is 317 g/mol. The van der Waals surface area contributed by atoms with Crippen molar-refractivity contribution in [2.24, 2.45) is 23.5 Å². The molecular formula is C20H31NO2. The Morgan fingerprint density at radius 1 is 1.26 bits per heavy atom. The predicted molar refractivity (Wildman–Crippen MR) is 94.3 cm³/mol. The first-order valence-corrected chi connectivity index (χ1v) is 8.83. The van der Waals surface area contributed by atoms with Crippen LogP contribution >= 0.6 is 0 Å². The van der Waals surface area contributed by atoms with E-state index in [1.807, 2.05) is 30.3 Å². The van der Waals surface area contributed by atoms with Crippen LogP contribution < -0.4 is 5.73 Å². The van der Waals surface area contributed by atoms with Crippen LogP contribution in [0.3, 0.4) is 0 Å². The van der Waals surface area contributed by atoms with Crippen molar-refractivity contribution in [3.63, 3.8) is 0 Å². The Balaban J connectivity index is 2.43. The molecule has 1 aromatic rings. The molecule has 0 aliphatic heterocycles. The SMILES string of the molecule is CC(C)C(N)(CC1CCCC1(C(=O)O)c1ccccc1)C(C)C. The maximum Gasteiger partial charge on any atom is 0.314 e. The molecule has 0 amide bonds. The molecule has 0 spiro atoms. The molecule has 1 fully saturated rings. The zero-order chi connectivity index (χ0) is 17.3. The van der Waals surface area contributed by atoms with E-state index in [1.54, 1.807) is 0 Å². The summed E-state index contributed by atoms with van der Waals surface area (Å²) in [7, 11) is 0. The van der Waals surface area contributed by atoms with Gasteiger partial charge in [-0.2, -0.15) is 0 Å². The van der Waals surface area contributed by atoms with E-state index in [4.69, 9.17) is 5.73 Å². The summed E-state index contributed by atoms with van der Waals surface area (Å²) < 4.78 is 0. The van der Waals surface area contributed by atoms with Gasteiger partial charge < -0.3 is 10.8 Å². The maximum absolute atomic E-state index is 12.3. The Morgan fingerprint density at radius 2 is 1.83 bits per heavy atom. The minimum absolute atomic E-state index is 0.0946. The van der Waals surface area contributed by atoms with Gasteiger partial charge in [-0.15, -0.1) is 0 Å². The van der Waals surface area contributed by atoms with Crippen LogP contribution in [0.1, 0.15) is 58.9 Å². The van der Waals surface area contributed by atoms with Gasteiger partial charge in [-0.25, -0.2) is 0 Å². The molecule has 0 radical (unpaired) electrons. The zero-order valence-corrected chi connectivity index (χ0v) is 14.9. The highest BCUT2D eigenvalue weighted by atomic mass is 16.4. The lowest BCUT2D eigenvalue weighted by molar-refractivity contribution is -0.146. The van der Waals surface area contributed by atoms with E-state index in [2.05, 4.69) is 27.7 Å². The van der Waals surface area contributed by atoms with Crippen molar-refractivity contribution in [2.45, 2.75) is 64.3 Å². The molecule has 1 aliphatic carbocycles. The van der Waals surface area contributed by atoms with Crippen LogP contribution in [0.5, 0.6) is 0 Å². The third-order valence-corrected chi connectivity index (χ3v) is 6.24. The van der Waals surface area contributed by atoms with Crippen molar-refractivity contribution in [2.75, 3.05) is 0 Å².